The van der Waals surface area contributed by atoms with Crippen LogP contribution in [0.5, 0.6) is 11.5 Å². The molecule has 7 heteroatoms. The number of nitrogens with one attached hydrogen (secondary N) is 1. The summed E-state index contributed by atoms with van der Waals surface area (Å²) >= 11 is 1.33. The number of rotatable bonds is 8. The molecule has 1 N–H and O–H groups in total. The third kappa shape index (κ3) is 5.32. The predicted octanol–water partition coefficient (Wildman–Crippen LogP) is 4.93. The van der Waals surface area contributed by atoms with Crippen LogP contribution < -0.4 is 10.1 Å². The first-order valence-electron chi connectivity index (χ1n) is 10.1. The highest BCUT2D eigenvalue weighted by Gasteiger charge is 2.18. The Morgan fingerprint density at radius 3 is 2.55 bits per heavy atom. The van der Waals surface area contributed by atoms with Crippen molar-refractivity contribution in [2.75, 3.05) is 6.54 Å². The van der Waals surface area contributed by atoms with Gasteiger partial charge in [0.05, 0.1) is 5.69 Å². The number of thiazole rings is 1. The van der Waals surface area contributed by atoms with E-state index in [0.717, 1.165) is 22.8 Å². The molecule has 4 aromatic rings. The van der Waals surface area contributed by atoms with Crippen LogP contribution in [0.15, 0.2) is 73.1 Å². The van der Waals surface area contributed by atoms with E-state index in [9.17, 15) is 4.79 Å². The number of carbonyl (C=O) groups is 1. The summed E-state index contributed by atoms with van der Waals surface area (Å²) in [4.78, 5) is 26.4. The first kappa shape index (κ1) is 20.7. The first-order valence-corrected chi connectivity index (χ1v) is 10.9. The SMILES string of the molecule is CCc1nc(-c2ncccn2)sc1C(=O)NCCc1cccc(Oc2ccccc2)c1. The van der Waals surface area contributed by atoms with E-state index >= 15 is 0 Å². The number of nitrogens with zero attached hydrogens (tertiary/aromatic N) is 3. The molecule has 6 nitrogen and oxygen atoms in total. The average molecular weight is 431 g/mol. The Labute approximate surface area is 185 Å². The van der Waals surface area contributed by atoms with Gasteiger partial charge in [-0.2, -0.15) is 0 Å². The van der Waals surface area contributed by atoms with E-state index in [2.05, 4.69) is 20.3 Å². The van der Waals surface area contributed by atoms with Crippen molar-refractivity contribution in [1.82, 2.24) is 20.3 Å². The summed E-state index contributed by atoms with van der Waals surface area (Å²) in [5.41, 5.74) is 1.86. The van der Waals surface area contributed by atoms with Gasteiger partial charge in [0, 0.05) is 18.9 Å². The van der Waals surface area contributed by atoms with Crippen LogP contribution in [0.4, 0.5) is 0 Å². The van der Waals surface area contributed by atoms with Gasteiger partial charge in [0.25, 0.3) is 5.91 Å². The maximum Gasteiger partial charge on any atom is 0.263 e. The third-order valence-corrected chi connectivity index (χ3v) is 5.66. The van der Waals surface area contributed by atoms with Crippen LogP contribution in [0.1, 0.15) is 27.9 Å². The van der Waals surface area contributed by atoms with Gasteiger partial charge in [0.2, 0.25) is 0 Å². The van der Waals surface area contributed by atoms with Crippen molar-refractivity contribution in [2.45, 2.75) is 19.8 Å². The highest BCUT2D eigenvalue weighted by atomic mass is 32.1. The molecule has 0 radical (unpaired) electrons. The lowest BCUT2D eigenvalue weighted by Crippen LogP contribution is -2.25. The number of para-hydroxylation sites is 1. The molecule has 2 aromatic heterocycles. The highest BCUT2D eigenvalue weighted by molar-refractivity contribution is 7.17. The molecule has 0 saturated heterocycles. The number of carbonyl (C=O) groups excluding carboxylic acids is 1. The Kier molecular flexibility index (Phi) is 6.64. The van der Waals surface area contributed by atoms with Crippen LogP contribution in [-0.4, -0.2) is 27.4 Å². The fourth-order valence-corrected chi connectivity index (χ4v) is 4.08. The van der Waals surface area contributed by atoms with Gasteiger partial charge in [-0.05, 0) is 48.7 Å². The fourth-order valence-electron chi connectivity index (χ4n) is 3.06. The number of hydrogen-bond acceptors (Lipinski definition) is 6. The van der Waals surface area contributed by atoms with Crippen LogP contribution in [0, 0.1) is 0 Å². The summed E-state index contributed by atoms with van der Waals surface area (Å²) < 4.78 is 5.89. The minimum atomic E-state index is -0.117. The summed E-state index contributed by atoms with van der Waals surface area (Å²) in [5.74, 6) is 1.99. The van der Waals surface area contributed by atoms with Gasteiger partial charge in [-0.1, -0.05) is 37.3 Å². The second-order valence-corrected chi connectivity index (χ2v) is 7.79. The van der Waals surface area contributed by atoms with Gasteiger partial charge in [-0.25, -0.2) is 15.0 Å². The van der Waals surface area contributed by atoms with E-state index in [0.29, 0.717) is 35.1 Å². The lowest BCUT2D eigenvalue weighted by molar-refractivity contribution is 0.0957. The Balaban J connectivity index is 1.37. The summed E-state index contributed by atoms with van der Waals surface area (Å²) in [5, 5.41) is 3.67. The van der Waals surface area contributed by atoms with E-state index in [-0.39, 0.29) is 5.91 Å². The summed E-state index contributed by atoms with van der Waals surface area (Å²) in [6.07, 6.45) is 4.72. The van der Waals surface area contributed by atoms with Crippen molar-refractivity contribution in [3.63, 3.8) is 0 Å². The molecule has 0 saturated carbocycles. The smallest absolute Gasteiger partial charge is 0.263 e. The quantitative estimate of drug-likeness (QED) is 0.429. The monoisotopic (exact) mass is 430 g/mol. The van der Waals surface area contributed by atoms with E-state index in [1.54, 1.807) is 18.5 Å². The third-order valence-electron chi connectivity index (χ3n) is 4.57. The summed E-state index contributed by atoms with van der Waals surface area (Å²) in [6, 6.07) is 19.3. The first-order chi connectivity index (χ1) is 15.2. The number of hydrogen-bond donors (Lipinski definition) is 1. The zero-order valence-electron chi connectivity index (χ0n) is 17.1. The summed E-state index contributed by atoms with van der Waals surface area (Å²) in [6.45, 7) is 2.51. The molecule has 0 atom stereocenters. The molecule has 0 bridgehead atoms. The normalized spacial score (nSPS) is 10.6. The molecule has 0 unspecified atom stereocenters. The zero-order valence-corrected chi connectivity index (χ0v) is 17.9. The molecule has 1 amide bonds. The molecular weight excluding hydrogens is 408 g/mol. The van der Waals surface area contributed by atoms with Gasteiger partial charge in [-0.15, -0.1) is 11.3 Å². The second kappa shape index (κ2) is 9.95. The number of benzene rings is 2. The van der Waals surface area contributed by atoms with E-state index in [1.807, 2.05) is 61.5 Å². The van der Waals surface area contributed by atoms with Gasteiger partial charge in [0.15, 0.2) is 10.8 Å². The molecule has 4 rings (SSSR count). The molecule has 0 aliphatic rings. The number of aryl methyl sites for hydroxylation is 1. The number of aromatic nitrogens is 3. The molecule has 2 aromatic carbocycles. The van der Waals surface area contributed by atoms with Crippen molar-refractivity contribution < 1.29 is 9.53 Å². The molecule has 0 fully saturated rings. The minimum Gasteiger partial charge on any atom is -0.457 e. The fraction of sp³-hybridized carbons (Fsp3) is 0.167. The lowest BCUT2D eigenvalue weighted by Gasteiger charge is -2.08. The van der Waals surface area contributed by atoms with E-state index < -0.39 is 0 Å². The molecule has 156 valence electrons. The van der Waals surface area contributed by atoms with Crippen LogP contribution in [-0.2, 0) is 12.8 Å². The molecular formula is C24H22N4O2S. The van der Waals surface area contributed by atoms with E-state index in [1.165, 1.54) is 11.3 Å². The van der Waals surface area contributed by atoms with Crippen molar-refractivity contribution in [3.05, 3.63) is 89.2 Å². The van der Waals surface area contributed by atoms with Crippen molar-refractivity contribution in [1.29, 1.82) is 0 Å². The lowest BCUT2D eigenvalue weighted by atomic mass is 10.1. The largest absolute Gasteiger partial charge is 0.457 e. The van der Waals surface area contributed by atoms with Crippen molar-refractivity contribution in [2.24, 2.45) is 0 Å². The number of ether oxygens (including phenoxy) is 1. The second-order valence-electron chi connectivity index (χ2n) is 6.79. The van der Waals surface area contributed by atoms with Crippen LogP contribution >= 0.6 is 11.3 Å². The molecule has 0 aliphatic heterocycles. The van der Waals surface area contributed by atoms with Crippen molar-refractivity contribution in [3.8, 4) is 22.3 Å². The zero-order chi connectivity index (χ0) is 21.5. The van der Waals surface area contributed by atoms with Gasteiger partial charge < -0.3 is 10.1 Å². The Morgan fingerprint density at radius 1 is 1.00 bits per heavy atom. The minimum absolute atomic E-state index is 0.117. The van der Waals surface area contributed by atoms with Gasteiger partial charge in [0.1, 0.15) is 16.4 Å². The molecule has 2 heterocycles. The topological polar surface area (TPSA) is 77.0 Å². The molecule has 0 spiro atoms. The van der Waals surface area contributed by atoms with Crippen molar-refractivity contribution >= 4 is 17.2 Å². The van der Waals surface area contributed by atoms with Crippen LogP contribution in [0.25, 0.3) is 10.8 Å². The van der Waals surface area contributed by atoms with E-state index in [4.69, 9.17) is 4.74 Å². The Morgan fingerprint density at radius 2 is 1.77 bits per heavy atom. The maximum absolute atomic E-state index is 12.8. The van der Waals surface area contributed by atoms with Crippen LogP contribution in [0.3, 0.4) is 0 Å². The van der Waals surface area contributed by atoms with Crippen LogP contribution in [0.2, 0.25) is 0 Å². The number of amides is 1. The standard InChI is InChI=1S/C24H22N4O2S/c1-2-20-21(31-24(28-20)22-25-13-7-14-26-22)23(29)27-15-12-17-8-6-11-19(16-17)30-18-9-4-3-5-10-18/h3-11,13-14,16H,2,12,15H2,1H3,(H,27,29). The summed E-state index contributed by atoms with van der Waals surface area (Å²) in [7, 11) is 0. The van der Waals surface area contributed by atoms with Gasteiger partial charge >= 0.3 is 0 Å². The Hall–Kier alpha value is -3.58. The Bertz CT molecular complexity index is 1150. The molecule has 31 heavy (non-hydrogen) atoms. The maximum atomic E-state index is 12.8. The van der Waals surface area contributed by atoms with Gasteiger partial charge in [-0.3, -0.25) is 4.79 Å². The predicted molar refractivity (Wildman–Crippen MR) is 122 cm³/mol. The molecule has 0 aliphatic carbocycles. The highest BCUT2D eigenvalue weighted by Crippen LogP contribution is 2.26. The average Bonchev–Trinajstić information content (AvgIpc) is 3.25.